The molecular formula is C10H19N2O10P3. The molecule has 0 aliphatic rings. The van der Waals surface area contributed by atoms with Crippen LogP contribution in [0.1, 0.15) is 12.0 Å². The number of H-pyrrole nitrogens is 1. The summed E-state index contributed by atoms with van der Waals surface area (Å²) in [5.74, 6) is 0. The van der Waals surface area contributed by atoms with E-state index in [0.29, 0.717) is 12.0 Å². The number of hydrogen-bond donors (Lipinski definition) is 5. The van der Waals surface area contributed by atoms with Gasteiger partial charge in [0.2, 0.25) is 0 Å². The summed E-state index contributed by atoms with van der Waals surface area (Å²) in [5, 5.41) is 0. The van der Waals surface area contributed by atoms with Crippen LogP contribution in [0.15, 0.2) is 15.8 Å². The Bertz CT molecular complexity index is 638. The number of rotatable bonds is 11. The Morgan fingerprint density at radius 3 is 2.48 bits per heavy atom. The molecule has 0 saturated heterocycles. The molecule has 0 aliphatic heterocycles. The average Bonchev–Trinajstić information content (AvgIpc) is 2.51. The van der Waals surface area contributed by atoms with E-state index in [-0.39, 0.29) is 13.2 Å². The molecule has 15 heteroatoms. The van der Waals surface area contributed by atoms with E-state index >= 15 is 0 Å². The Kier molecular flexibility index (Phi) is 10.3. The predicted molar refractivity (Wildman–Crippen MR) is 89.2 cm³/mol. The lowest BCUT2D eigenvalue weighted by atomic mass is 10.2. The second-order valence-corrected chi connectivity index (χ2v) is 7.62. The normalized spacial score (nSPS) is 15.3. The van der Waals surface area contributed by atoms with Gasteiger partial charge in [0, 0.05) is 25.4 Å². The van der Waals surface area contributed by atoms with Gasteiger partial charge in [-0.2, -0.15) is 0 Å². The summed E-state index contributed by atoms with van der Waals surface area (Å²) in [6.45, 7) is 1.69. The number of aromatic nitrogens is 2. The third-order valence-corrected chi connectivity index (χ3v) is 5.50. The van der Waals surface area contributed by atoms with Crippen LogP contribution < -0.4 is 11.2 Å². The standard InChI is InChI=1S/C10H19N2O10P3/c1-7-5-12(10(14)11-9(7)13)4-3-8(19-2)6-20-24(17)22-25(18)21-23(15)16/h5,8,15-18H,3-4,6H2,1-2H3,(H,11,13,14). The van der Waals surface area contributed by atoms with Gasteiger partial charge in [-0.15, -0.1) is 0 Å². The minimum absolute atomic E-state index is 0.119. The first-order valence-electron chi connectivity index (χ1n) is 6.71. The number of ether oxygens (including phenoxy) is 1. The molecule has 1 heterocycles. The molecule has 0 aliphatic carbocycles. The average molecular weight is 420 g/mol. The largest absolute Gasteiger partial charge is 0.379 e. The zero-order chi connectivity index (χ0) is 19.0. The number of hydrogen-bond acceptors (Lipinski definition) is 10. The van der Waals surface area contributed by atoms with E-state index in [1.807, 2.05) is 0 Å². The van der Waals surface area contributed by atoms with E-state index in [0.717, 1.165) is 0 Å². The number of nitrogens with zero attached hydrogens (tertiary/aromatic N) is 1. The Morgan fingerprint density at radius 2 is 1.88 bits per heavy atom. The highest BCUT2D eigenvalue weighted by atomic mass is 31.3. The summed E-state index contributed by atoms with van der Waals surface area (Å²) < 4.78 is 20.1. The van der Waals surface area contributed by atoms with Crippen LogP contribution >= 0.6 is 25.8 Å². The molecule has 12 nitrogen and oxygen atoms in total. The monoisotopic (exact) mass is 420 g/mol. The Hall–Kier alpha value is -0.350. The van der Waals surface area contributed by atoms with E-state index in [1.54, 1.807) is 6.92 Å². The van der Waals surface area contributed by atoms with Crippen molar-refractivity contribution < 1.29 is 37.5 Å². The molecule has 0 saturated carbocycles. The second kappa shape index (κ2) is 11.4. The van der Waals surface area contributed by atoms with E-state index in [9.17, 15) is 14.5 Å². The number of aromatic amines is 1. The fraction of sp³-hybridized carbons (Fsp3) is 0.600. The highest BCUT2D eigenvalue weighted by molar-refractivity contribution is 7.60. The predicted octanol–water partition coefficient (Wildman–Crippen LogP) is -0.0502. The van der Waals surface area contributed by atoms with Gasteiger partial charge in [0.25, 0.3) is 5.56 Å². The van der Waals surface area contributed by atoms with Crippen molar-refractivity contribution in [1.29, 1.82) is 0 Å². The molecule has 0 aromatic carbocycles. The maximum absolute atomic E-state index is 11.7. The molecule has 0 radical (unpaired) electrons. The summed E-state index contributed by atoms with van der Waals surface area (Å²) in [4.78, 5) is 60.8. The number of aryl methyl sites for hydroxylation is 2. The van der Waals surface area contributed by atoms with Crippen molar-refractivity contribution in [3.63, 3.8) is 0 Å². The molecule has 25 heavy (non-hydrogen) atoms. The van der Waals surface area contributed by atoms with Crippen LogP contribution in [0.5, 0.6) is 0 Å². The van der Waals surface area contributed by atoms with Gasteiger partial charge in [-0.3, -0.25) is 9.78 Å². The lowest BCUT2D eigenvalue weighted by Crippen LogP contribution is -2.32. The maximum atomic E-state index is 11.7. The third kappa shape index (κ3) is 8.72. The summed E-state index contributed by atoms with van der Waals surface area (Å²) in [6.07, 6.45) is 1.24. The van der Waals surface area contributed by atoms with Crippen LogP contribution in [0.3, 0.4) is 0 Å². The van der Waals surface area contributed by atoms with E-state index in [1.165, 1.54) is 17.9 Å². The second-order valence-electron chi connectivity index (χ2n) is 4.60. The Labute approximate surface area is 146 Å². The van der Waals surface area contributed by atoms with Gasteiger partial charge in [0.1, 0.15) is 0 Å². The fourth-order valence-electron chi connectivity index (χ4n) is 1.64. The Balaban J connectivity index is 2.46. The Morgan fingerprint density at radius 1 is 1.20 bits per heavy atom. The van der Waals surface area contributed by atoms with Crippen molar-refractivity contribution in [2.24, 2.45) is 0 Å². The van der Waals surface area contributed by atoms with Crippen molar-refractivity contribution in [2.45, 2.75) is 26.0 Å². The van der Waals surface area contributed by atoms with Crippen molar-refractivity contribution in [1.82, 2.24) is 9.55 Å². The molecule has 0 bridgehead atoms. The zero-order valence-electron chi connectivity index (χ0n) is 13.3. The minimum Gasteiger partial charge on any atom is -0.379 e. The van der Waals surface area contributed by atoms with Crippen molar-refractivity contribution in [3.8, 4) is 0 Å². The first-order valence-corrected chi connectivity index (χ1v) is 10.1. The maximum Gasteiger partial charge on any atom is 0.344 e. The van der Waals surface area contributed by atoms with E-state index < -0.39 is 43.2 Å². The highest BCUT2D eigenvalue weighted by Crippen LogP contribution is 2.55. The van der Waals surface area contributed by atoms with Gasteiger partial charge >= 0.3 is 31.5 Å². The first-order chi connectivity index (χ1) is 11.7. The van der Waals surface area contributed by atoms with Crippen LogP contribution in [0.4, 0.5) is 0 Å². The van der Waals surface area contributed by atoms with Gasteiger partial charge in [-0.05, 0) is 13.3 Å². The van der Waals surface area contributed by atoms with E-state index in [2.05, 4.69) is 13.6 Å². The lowest BCUT2D eigenvalue weighted by Gasteiger charge is -2.18. The quantitative estimate of drug-likeness (QED) is 0.306. The summed E-state index contributed by atoms with van der Waals surface area (Å²) in [5.41, 5.74) is -0.610. The van der Waals surface area contributed by atoms with Crippen molar-refractivity contribution >= 4 is 25.8 Å². The van der Waals surface area contributed by atoms with Gasteiger partial charge in [0.15, 0.2) is 0 Å². The SMILES string of the molecule is COC(CCn1cc(C)c(=O)[nH]c1=O)COP(O)OP(O)OP(O)O. The molecule has 0 fully saturated rings. The van der Waals surface area contributed by atoms with Gasteiger partial charge in [-0.1, -0.05) is 0 Å². The van der Waals surface area contributed by atoms with Gasteiger partial charge in [-0.25, -0.2) is 13.4 Å². The molecule has 3 unspecified atom stereocenters. The number of methoxy groups -OCH3 is 1. The van der Waals surface area contributed by atoms with Crippen LogP contribution in [0, 0.1) is 6.92 Å². The first kappa shape index (κ1) is 22.7. The van der Waals surface area contributed by atoms with E-state index in [4.69, 9.17) is 23.9 Å². The van der Waals surface area contributed by atoms with Crippen LogP contribution in [0.25, 0.3) is 0 Å². The molecular weight excluding hydrogens is 401 g/mol. The molecule has 3 atom stereocenters. The molecule has 0 amide bonds. The molecule has 144 valence electrons. The number of nitrogens with one attached hydrogen (secondary N) is 1. The molecule has 1 rings (SSSR count). The fourth-order valence-corrected chi connectivity index (χ4v) is 3.49. The molecule has 1 aromatic rings. The van der Waals surface area contributed by atoms with Crippen LogP contribution in [-0.2, 0) is 24.4 Å². The van der Waals surface area contributed by atoms with Gasteiger partial charge in [0.05, 0.1) is 12.7 Å². The zero-order valence-corrected chi connectivity index (χ0v) is 16.0. The van der Waals surface area contributed by atoms with Crippen molar-refractivity contribution in [2.75, 3.05) is 13.7 Å². The van der Waals surface area contributed by atoms with Gasteiger partial charge < -0.3 is 33.4 Å². The summed E-state index contributed by atoms with van der Waals surface area (Å²) >= 11 is 0. The summed E-state index contributed by atoms with van der Waals surface area (Å²) in [6, 6.07) is 0. The molecule has 5 N–H and O–H groups in total. The smallest absolute Gasteiger partial charge is 0.344 e. The molecule has 0 spiro atoms. The molecule has 1 aromatic heterocycles. The van der Waals surface area contributed by atoms with Crippen LogP contribution in [0.2, 0.25) is 0 Å². The third-order valence-electron chi connectivity index (χ3n) is 2.87. The topological polar surface area (TPSA) is 173 Å². The lowest BCUT2D eigenvalue weighted by molar-refractivity contribution is 0.0448. The minimum atomic E-state index is -2.82. The van der Waals surface area contributed by atoms with Crippen LogP contribution in [-0.4, -0.2) is 48.9 Å². The highest BCUT2D eigenvalue weighted by Gasteiger charge is 2.21. The van der Waals surface area contributed by atoms with Crippen molar-refractivity contribution in [3.05, 3.63) is 32.6 Å². The summed E-state index contributed by atoms with van der Waals surface area (Å²) in [7, 11) is -6.63.